The minimum Gasteiger partial charge on any atom is -0.328 e. The molecular formula is C20H27ClN4OS. The largest absolute Gasteiger partial charge is 0.328 e. The lowest BCUT2D eigenvalue weighted by atomic mass is 10.0. The fourth-order valence-electron chi connectivity index (χ4n) is 4.01. The van der Waals surface area contributed by atoms with Crippen LogP contribution in [0.5, 0.6) is 0 Å². The molecular weight excluding hydrogens is 380 g/mol. The first-order chi connectivity index (χ1) is 12.7. The van der Waals surface area contributed by atoms with E-state index in [1.807, 2.05) is 39.7 Å². The van der Waals surface area contributed by atoms with Crippen LogP contribution in [0.4, 0.5) is 0 Å². The molecule has 0 aliphatic carbocycles. The van der Waals surface area contributed by atoms with Crippen molar-refractivity contribution in [3.8, 4) is 0 Å². The molecule has 146 valence electrons. The van der Waals surface area contributed by atoms with Crippen LogP contribution >= 0.6 is 24.2 Å². The van der Waals surface area contributed by atoms with Crippen molar-refractivity contribution in [2.75, 3.05) is 25.4 Å². The molecule has 2 aliphatic rings. The summed E-state index contributed by atoms with van der Waals surface area (Å²) >= 11 is 1.94. The highest BCUT2D eigenvalue weighted by atomic mass is 35.5. The van der Waals surface area contributed by atoms with Crippen molar-refractivity contribution >= 4 is 30.1 Å². The molecule has 1 amide bonds. The number of benzene rings is 1. The molecule has 0 radical (unpaired) electrons. The number of nitrogens with zero attached hydrogens (tertiary/aromatic N) is 3. The molecule has 0 spiro atoms. The molecule has 4 rings (SSSR count). The second-order valence-corrected chi connectivity index (χ2v) is 8.60. The van der Waals surface area contributed by atoms with Crippen LogP contribution in [0.3, 0.4) is 0 Å². The number of carbonyl (C=O) groups is 1. The lowest BCUT2D eigenvalue weighted by Crippen LogP contribution is -2.44. The van der Waals surface area contributed by atoms with E-state index in [4.69, 9.17) is 0 Å². The van der Waals surface area contributed by atoms with E-state index in [1.165, 1.54) is 5.56 Å². The molecule has 27 heavy (non-hydrogen) atoms. The van der Waals surface area contributed by atoms with Gasteiger partial charge in [-0.1, -0.05) is 37.3 Å². The summed E-state index contributed by atoms with van der Waals surface area (Å²) in [4.78, 5) is 15.3. The maximum absolute atomic E-state index is 13.3. The first-order valence-electron chi connectivity index (χ1n) is 9.47. The number of piperidine rings is 1. The molecule has 2 fully saturated rings. The summed E-state index contributed by atoms with van der Waals surface area (Å²) in [5.41, 5.74) is 1.77. The van der Waals surface area contributed by atoms with Gasteiger partial charge in [0.1, 0.15) is 5.69 Å². The maximum atomic E-state index is 13.3. The molecule has 2 saturated heterocycles. The predicted molar refractivity (Wildman–Crippen MR) is 113 cm³/mol. The summed E-state index contributed by atoms with van der Waals surface area (Å²) in [6.45, 7) is 4.99. The van der Waals surface area contributed by atoms with Gasteiger partial charge in [-0.2, -0.15) is 16.9 Å². The Kier molecular flexibility index (Phi) is 6.84. The number of aromatic nitrogens is 2. The van der Waals surface area contributed by atoms with Crippen molar-refractivity contribution in [2.24, 2.45) is 0 Å². The van der Waals surface area contributed by atoms with E-state index in [2.05, 4.69) is 41.6 Å². The normalized spacial score (nSPS) is 25.7. The number of halogens is 1. The number of rotatable bonds is 3. The molecule has 3 atom stereocenters. The van der Waals surface area contributed by atoms with E-state index in [-0.39, 0.29) is 24.4 Å². The summed E-state index contributed by atoms with van der Waals surface area (Å²) in [7, 11) is 0. The van der Waals surface area contributed by atoms with Crippen molar-refractivity contribution in [2.45, 2.75) is 37.1 Å². The Hall–Kier alpha value is -1.50. The van der Waals surface area contributed by atoms with Crippen LogP contribution in [0, 0.1) is 0 Å². The van der Waals surface area contributed by atoms with E-state index >= 15 is 0 Å². The number of hydrogen-bond donors (Lipinski definition) is 1. The van der Waals surface area contributed by atoms with Gasteiger partial charge < -0.3 is 10.2 Å². The van der Waals surface area contributed by atoms with E-state index < -0.39 is 0 Å². The van der Waals surface area contributed by atoms with Gasteiger partial charge in [0.05, 0.1) is 12.1 Å². The summed E-state index contributed by atoms with van der Waals surface area (Å²) in [5, 5.41) is 8.43. The number of nitrogens with one attached hydrogen (secondary N) is 1. The molecule has 0 bridgehead atoms. The Labute approximate surface area is 171 Å². The highest BCUT2D eigenvalue weighted by molar-refractivity contribution is 8.00. The lowest BCUT2D eigenvalue weighted by Gasteiger charge is -2.39. The van der Waals surface area contributed by atoms with Crippen molar-refractivity contribution in [3.05, 3.63) is 53.9 Å². The van der Waals surface area contributed by atoms with Crippen LogP contribution in [-0.4, -0.2) is 51.2 Å². The zero-order valence-electron chi connectivity index (χ0n) is 15.6. The Bertz CT molecular complexity index is 747. The summed E-state index contributed by atoms with van der Waals surface area (Å²) < 4.78 is 1.97. The Balaban J connectivity index is 0.00000210. The minimum atomic E-state index is 0. The van der Waals surface area contributed by atoms with Gasteiger partial charge >= 0.3 is 0 Å². The highest BCUT2D eigenvalue weighted by Crippen LogP contribution is 2.36. The fourth-order valence-corrected chi connectivity index (χ4v) is 5.17. The molecule has 1 aromatic carbocycles. The van der Waals surface area contributed by atoms with E-state index in [9.17, 15) is 4.79 Å². The van der Waals surface area contributed by atoms with Gasteiger partial charge in [0, 0.05) is 30.3 Å². The van der Waals surface area contributed by atoms with Crippen LogP contribution < -0.4 is 5.32 Å². The van der Waals surface area contributed by atoms with Gasteiger partial charge in [0.25, 0.3) is 5.91 Å². The Morgan fingerprint density at radius 1 is 1.26 bits per heavy atom. The average Bonchev–Trinajstić information content (AvgIpc) is 3.19. The SMILES string of the molecule is CC1SCCN(C(=O)c2ccn(C3CCCNC3)n2)C1c1ccccc1.Cl. The van der Waals surface area contributed by atoms with Crippen LogP contribution in [-0.2, 0) is 0 Å². The third kappa shape index (κ3) is 4.33. The molecule has 3 unspecified atom stereocenters. The number of carbonyl (C=O) groups excluding carboxylic acids is 1. The van der Waals surface area contributed by atoms with Gasteiger partial charge in [0.15, 0.2) is 0 Å². The Morgan fingerprint density at radius 2 is 2.07 bits per heavy atom. The molecule has 0 saturated carbocycles. The molecule has 2 aliphatic heterocycles. The van der Waals surface area contributed by atoms with Crippen molar-refractivity contribution in [1.29, 1.82) is 0 Å². The third-order valence-electron chi connectivity index (χ3n) is 5.37. The van der Waals surface area contributed by atoms with Crippen LogP contribution in [0.2, 0.25) is 0 Å². The molecule has 2 aromatic rings. The molecule has 7 heteroatoms. The average molecular weight is 407 g/mol. The second kappa shape index (κ2) is 9.13. The Morgan fingerprint density at radius 3 is 2.81 bits per heavy atom. The minimum absolute atomic E-state index is 0. The lowest BCUT2D eigenvalue weighted by molar-refractivity contribution is 0.0673. The molecule has 5 nitrogen and oxygen atoms in total. The van der Waals surface area contributed by atoms with Gasteiger partial charge in [-0.15, -0.1) is 12.4 Å². The van der Waals surface area contributed by atoms with Gasteiger partial charge in [-0.25, -0.2) is 0 Å². The van der Waals surface area contributed by atoms with E-state index in [0.29, 0.717) is 17.0 Å². The summed E-state index contributed by atoms with van der Waals surface area (Å²) in [6.07, 6.45) is 4.24. The summed E-state index contributed by atoms with van der Waals surface area (Å²) in [6, 6.07) is 12.7. The standard InChI is InChI=1S/C20H26N4OS.ClH/c1-15-19(16-6-3-2-4-7-16)23(12-13-26-15)20(25)18-9-11-24(22-18)17-8-5-10-21-14-17;/h2-4,6-7,9,11,15,17,19,21H,5,8,10,12-14H2,1H3;1H. The second-order valence-electron chi connectivity index (χ2n) is 7.11. The quantitative estimate of drug-likeness (QED) is 0.846. The molecule has 3 heterocycles. The monoisotopic (exact) mass is 406 g/mol. The van der Waals surface area contributed by atoms with Crippen molar-refractivity contribution in [3.63, 3.8) is 0 Å². The van der Waals surface area contributed by atoms with Crippen LogP contribution in [0.15, 0.2) is 42.6 Å². The van der Waals surface area contributed by atoms with Crippen LogP contribution in [0.25, 0.3) is 0 Å². The van der Waals surface area contributed by atoms with Gasteiger partial charge in [-0.05, 0) is 31.0 Å². The first kappa shape index (κ1) is 20.2. The zero-order chi connectivity index (χ0) is 17.9. The zero-order valence-corrected chi connectivity index (χ0v) is 17.2. The molecule has 1 N–H and O–H groups in total. The van der Waals surface area contributed by atoms with Gasteiger partial charge in [0.2, 0.25) is 0 Å². The smallest absolute Gasteiger partial charge is 0.274 e. The van der Waals surface area contributed by atoms with Crippen molar-refractivity contribution in [1.82, 2.24) is 20.0 Å². The van der Waals surface area contributed by atoms with Crippen LogP contribution in [0.1, 0.15) is 47.9 Å². The van der Waals surface area contributed by atoms with E-state index in [1.54, 1.807) is 0 Å². The number of thioether (sulfide) groups is 1. The number of amides is 1. The van der Waals surface area contributed by atoms with Gasteiger partial charge in [-0.3, -0.25) is 9.48 Å². The highest BCUT2D eigenvalue weighted by Gasteiger charge is 2.35. The first-order valence-corrected chi connectivity index (χ1v) is 10.5. The molecule has 1 aromatic heterocycles. The predicted octanol–water partition coefficient (Wildman–Crippen LogP) is 3.55. The maximum Gasteiger partial charge on any atom is 0.274 e. The summed E-state index contributed by atoms with van der Waals surface area (Å²) in [5.74, 6) is 1.03. The number of hydrogen-bond acceptors (Lipinski definition) is 4. The third-order valence-corrected chi connectivity index (χ3v) is 6.57. The fraction of sp³-hybridized carbons (Fsp3) is 0.500. The topological polar surface area (TPSA) is 50.2 Å². The van der Waals surface area contributed by atoms with E-state index in [0.717, 1.165) is 38.2 Å². The van der Waals surface area contributed by atoms with Crippen molar-refractivity contribution < 1.29 is 4.79 Å².